The third-order valence-corrected chi connectivity index (χ3v) is 4.17. The zero-order valence-electron chi connectivity index (χ0n) is 15.9. The second kappa shape index (κ2) is 8.34. The summed E-state index contributed by atoms with van der Waals surface area (Å²) in [5, 5.41) is 5.02. The highest BCUT2D eigenvalue weighted by Crippen LogP contribution is 2.33. The lowest BCUT2D eigenvalue weighted by atomic mass is 9.92. The van der Waals surface area contributed by atoms with Crippen molar-refractivity contribution in [2.45, 2.75) is 46.6 Å². The number of ether oxygens (including phenoxy) is 2. The predicted octanol–water partition coefficient (Wildman–Crippen LogP) is 5.02. The van der Waals surface area contributed by atoms with Crippen LogP contribution in [-0.4, -0.2) is 24.7 Å². The monoisotopic (exact) mass is 343 g/mol. The Balaban J connectivity index is 2.36. The first-order valence-corrected chi connectivity index (χ1v) is 9.01. The fourth-order valence-electron chi connectivity index (χ4n) is 3.23. The third kappa shape index (κ3) is 4.51. The van der Waals surface area contributed by atoms with Crippen molar-refractivity contribution >= 4 is 22.4 Å². The second-order valence-electron chi connectivity index (χ2n) is 6.81. The van der Waals surface area contributed by atoms with E-state index >= 15 is 0 Å². The van der Waals surface area contributed by atoms with E-state index in [2.05, 4.69) is 19.2 Å². The third-order valence-electron chi connectivity index (χ3n) is 4.17. The van der Waals surface area contributed by atoms with E-state index < -0.39 is 5.60 Å². The molecule has 2 aromatic rings. The molecule has 0 bridgehead atoms. The van der Waals surface area contributed by atoms with Crippen molar-refractivity contribution in [3.8, 4) is 5.75 Å². The molecule has 1 amide bonds. The lowest BCUT2D eigenvalue weighted by Gasteiger charge is -2.30. The molecule has 0 saturated carbocycles. The SMILES string of the molecule is CCOc1ccc(NC(=O)C(C)(CC(C)C)OCC)c2ccccc12. The maximum atomic E-state index is 12.9. The Bertz CT molecular complexity index is 726. The first-order chi connectivity index (χ1) is 11.9. The van der Waals surface area contributed by atoms with Crippen LogP contribution in [0.25, 0.3) is 10.8 Å². The Morgan fingerprint density at radius 3 is 2.36 bits per heavy atom. The lowest BCUT2D eigenvalue weighted by Crippen LogP contribution is -2.44. The minimum absolute atomic E-state index is 0.114. The van der Waals surface area contributed by atoms with Crippen molar-refractivity contribution in [2.75, 3.05) is 18.5 Å². The molecule has 0 aliphatic heterocycles. The van der Waals surface area contributed by atoms with Crippen LogP contribution >= 0.6 is 0 Å². The van der Waals surface area contributed by atoms with Gasteiger partial charge in [0.05, 0.1) is 6.61 Å². The first kappa shape index (κ1) is 19.3. The molecule has 0 aliphatic rings. The summed E-state index contributed by atoms with van der Waals surface area (Å²) in [4.78, 5) is 12.9. The van der Waals surface area contributed by atoms with Crippen LogP contribution in [0.15, 0.2) is 36.4 Å². The van der Waals surface area contributed by atoms with Gasteiger partial charge in [-0.05, 0) is 45.2 Å². The number of hydrogen-bond acceptors (Lipinski definition) is 3. The number of fused-ring (bicyclic) bond motifs is 1. The molecule has 136 valence electrons. The number of carbonyl (C=O) groups excluding carboxylic acids is 1. The molecule has 0 heterocycles. The van der Waals surface area contributed by atoms with Crippen molar-refractivity contribution in [3.05, 3.63) is 36.4 Å². The van der Waals surface area contributed by atoms with E-state index in [0.717, 1.165) is 22.2 Å². The van der Waals surface area contributed by atoms with Gasteiger partial charge in [0.25, 0.3) is 5.91 Å². The van der Waals surface area contributed by atoms with E-state index in [0.29, 0.717) is 25.6 Å². The maximum absolute atomic E-state index is 12.9. The highest BCUT2D eigenvalue weighted by molar-refractivity contribution is 6.06. The number of benzene rings is 2. The maximum Gasteiger partial charge on any atom is 0.256 e. The molecular weight excluding hydrogens is 314 g/mol. The van der Waals surface area contributed by atoms with Crippen molar-refractivity contribution in [2.24, 2.45) is 5.92 Å². The Morgan fingerprint density at radius 2 is 1.76 bits per heavy atom. The van der Waals surface area contributed by atoms with Gasteiger partial charge in [0.1, 0.15) is 11.4 Å². The molecule has 1 unspecified atom stereocenters. The summed E-state index contributed by atoms with van der Waals surface area (Å²) >= 11 is 0. The number of hydrogen-bond donors (Lipinski definition) is 1. The summed E-state index contributed by atoms with van der Waals surface area (Å²) in [6.07, 6.45) is 0.668. The van der Waals surface area contributed by atoms with Crippen LogP contribution in [0.1, 0.15) is 41.0 Å². The smallest absolute Gasteiger partial charge is 0.256 e. The Kier molecular flexibility index (Phi) is 6.43. The molecule has 4 heteroatoms. The average molecular weight is 343 g/mol. The topological polar surface area (TPSA) is 47.6 Å². The molecule has 0 saturated heterocycles. The van der Waals surface area contributed by atoms with Gasteiger partial charge in [-0.1, -0.05) is 38.1 Å². The Labute approximate surface area is 150 Å². The van der Waals surface area contributed by atoms with Gasteiger partial charge in [0.2, 0.25) is 0 Å². The van der Waals surface area contributed by atoms with Gasteiger partial charge in [0, 0.05) is 23.1 Å². The fourth-order valence-corrected chi connectivity index (χ4v) is 3.23. The minimum Gasteiger partial charge on any atom is -0.493 e. The van der Waals surface area contributed by atoms with E-state index in [9.17, 15) is 4.79 Å². The molecule has 2 rings (SSSR count). The molecular formula is C21H29NO3. The van der Waals surface area contributed by atoms with Crippen LogP contribution in [0.4, 0.5) is 5.69 Å². The highest BCUT2D eigenvalue weighted by atomic mass is 16.5. The largest absolute Gasteiger partial charge is 0.493 e. The van der Waals surface area contributed by atoms with Crippen LogP contribution in [0, 0.1) is 5.92 Å². The quantitative estimate of drug-likeness (QED) is 0.732. The van der Waals surface area contributed by atoms with Gasteiger partial charge in [-0.2, -0.15) is 0 Å². The molecule has 25 heavy (non-hydrogen) atoms. The molecule has 1 N–H and O–H groups in total. The van der Waals surface area contributed by atoms with Crippen LogP contribution < -0.4 is 10.1 Å². The van der Waals surface area contributed by atoms with E-state index in [1.807, 2.05) is 57.2 Å². The Hall–Kier alpha value is -2.07. The predicted molar refractivity (Wildman–Crippen MR) is 103 cm³/mol. The number of nitrogens with one attached hydrogen (secondary N) is 1. The minimum atomic E-state index is -0.845. The van der Waals surface area contributed by atoms with Crippen LogP contribution in [-0.2, 0) is 9.53 Å². The molecule has 0 aliphatic carbocycles. The standard InChI is InChI=1S/C21H29NO3/c1-6-24-19-13-12-18(16-10-8-9-11-17(16)19)22-20(23)21(5,25-7-2)14-15(3)4/h8-13,15H,6-7,14H2,1-5H3,(H,22,23). The van der Waals surface area contributed by atoms with Gasteiger partial charge < -0.3 is 14.8 Å². The van der Waals surface area contributed by atoms with E-state index in [1.165, 1.54) is 0 Å². The number of amides is 1. The summed E-state index contributed by atoms with van der Waals surface area (Å²) in [5.41, 5.74) is -0.0680. The number of rotatable bonds is 8. The molecule has 0 radical (unpaired) electrons. The molecule has 0 spiro atoms. The lowest BCUT2D eigenvalue weighted by molar-refractivity contribution is -0.140. The number of carbonyl (C=O) groups is 1. The van der Waals surface area contributed by atoms with Gasteiger partial charge in [-0.25, -0.2) is 0 Å². The molecule has 1 atom stereocenters. The zero-order valence-corrected chi connectivity index (χ0v) is 15.9. The molecule has 0 fully saturated rings. The zero-order chi connectivity index (χ0) is 18.4. The molecule has 4 nitrogen and oxygen atoms in total. The molecule has 0 aromatic heterocycles. The van der Waals surface area contributed by atoms with E-state index in [-0.39, 0.29) is 5.91 Å². The normalized spacial score (nSPS) is 13.7. The fraction of sp³-hybridized carbons (Fsp3) is 0.476. The van der Waals surface area contributed by atoms with Gasteiger partial charge in [-0.15, -0.1) is 0 Å². The highest BCUT2D eigenvalue weighted by Gasteiger charge is 2.35. The van der Waals surface area contributed by atoms with E-state index in [1.54, 1.807) is 0 Å². The number of anilines is 1. The van der Waals surface area contributed by atoms with Gasteiger partial charge in [0.15, 0.2) is 0 Å². The van der Waals surface area contributed by atoms with Crippen molar-refractivity contribution in [1.29, 1.82) is 0 Å². The first-order valence-electron chi connectivity index (χ1n) is 9.01. The summed E-state index contributed by atoms with van der Waals surface area (Å²) in [7, 11) is 0. The molecule has 2 aromatic carbocycles. The van der Waals surface area contributed by atoms with Crippen molar-refractivity contribution < 1.29 is 14.3 Å². The van der Waals surface area contributed by atoms with E-state index in [4.69, 9.17) is 9.47 Å². The van der Waals surface area contributed by atoms with Crippen LogP contribution in [0.2, 0.25) is 0 Å². The van der Waals surface area contributed by atoms with Crippen LogP contribution in [0.5, 0.6) is 5.75 Å². The summed E-state index contributed by atoms with van der Waals surface area (Å²) < 4.78 is 11.5. The average Bonchev–Trinajstić information content (AvgIpc) is 2.56. The Morgan fingerprint density at radius 1 is 1.08 bits per heavy atom. The van der Waals surface area contributed by atoms with Crippen molar-refractivity contribution in [1.82, 2.24) is 0 Å². The second-order valence-corrected chi connectivity index (χ2v) is 6.81. The summed E-state index contributed by atoms with van der Waals surface area (Å²) in [6.45, 7) is 11.0. The summed E-state index contributed by atoms with van der Waals surface area (Å²) in [6, 6.07) is 11.7. The van der Waals surface area contributed by atoms with Gasteiger partial charge >= 0.3 is 0 Å². The van der Waals surface area contributed by atoms with Gasteiger partial charge in [-0.3, -0.25) is 4.79 Å². The summed E-state index contributed by atoms with van der Waals surface area (Å²) in [5.74, 6) is 1.07. The van der Waals surface area contributed by atoms with Crippen molar-refractivity contribution in [3.63, 3.8) is 0 Å². The van der Waals surface area contributed by atoms with Crippen LogP contribution in [0.3, 0.4) is 0 Å².